The van der Waals surface area contributed by atoms with Crippen molar-refractivity contribution in [3.63, 3.8) is 0 Å². The SMILES string of the molecule is C=CCC/C=C/C1CC=C(C2CCC3C(CC2)C3c2ccc(-c3ccc(OC)c(F)c3F)c(F)c2F)CCC1. The fraction of sp³-hybridized carbons (Fsp3) is 0.471. The molecule has 5 rings (SSSR count). The van der Waals surface area contributed by atoms with E-state index in [1.807, 2.05) is 6.08 Å². The number of ether oxygens (including phenoxy) is 1. The van der Waals surface area contributed by atoms with E-state index in [1.165, 1.54) is 44.6 Å². The maximum absolute atomic E-state index is 15.3. The molecule has 5 heteroatoms. The van der Waals surface area contributed by atoms with Gasteiger partial charge in [0.1, 0.15) is 0 Å². The van der Waals surface area contributed by atoms with Gasteiger partial charge in [0.25, 0.3) is 0 Å². The second-order valence-electron chi connectivity index (χ2n) is 11.4. The standard InChI is InChI=1S/C34H38F4O/c1-3-4-5-6-8-21-9-7-10-22(12-11-21)23-13-15-24-25(16-14-23)30(24)28-18-17-26(31(35)33(28)37)27-19-20-29(39-2)34(38)32(27)36/h3,6,8,12,17-21,23-25,30H,1,4-5,7,9-11,13-16H2,2H3/b8-6+. The second kappa shape index (κ2) is 12.1. The Hall–Kier alpha value is -2.82. The molecule has 1 nitrogen and oxygen atoms in total. The maximum Gasteiger partial charge on any atom is 0.201 e. The first kappa shape index (κ1) is 27.7. The van der Waals surface area contributed by atoms with Crippen LogP contribution < -0.4 is 4.74 Å². The van der Waals surface area contributed by atoms with Crippen LogP contribution in [0.2, 0.25) is 0 Å². The van der Waals surface area contributed by atoms with Crippen LogP contribution in [0.15, 0.2) is 60.7 Å². The third-order valence-electron chi connectivity index (χ3n) is 9.25. The van der Waals surface area contributed by atoms with E-state index in [0.717, 1.165) is 44.9 Å². The number of benzene rings is 2. The lowest BCUT2D eigenvalue weighted by Gasteiger charge is -2.19. The molecule has 2 aromatic rings. The summed E-state index contributed by atoms with van der Waals surface area (Å²) in [6, 6.07) is 5.40. The van der Waals surface area contributed by atoms with Crippen LogP contribution in [-0.2, 0) is 0 Å². The zero-order valence-corrected chi connectivity index (χ0v) is 22.7. The summed E-state index contributed by atoms with van der Waals surface area (Å²) in [6.07, 6.45) is 20.2. The predicted molar refractivity (Wildman–Crippen MR) is 149 cm³/mol. The van der Waals surface area contributed by atoms with Gasteiger partial charge in [-0.3, -0.25) is 0 Å². The van der Waals surface area contributed by atoms with Gasteiger partial charge >= 0.3 is 0 Å². The topological polar surface area (TPSA) is 9.23 Å². The molecule has 2 aromatic carbocycles. The van der Waals surface area contributed by atoms with Gasteiger partial charge in [0.05, 0.1) is 7.11 Å². The average Bonchev–Trinajstić information content (AvgIpc) is 3.70. The minimum Gasteiger partial charge on any atom is -0.494 e. The van der Waals surface area contributed by atoms with Crippen LogP contribution in [0.25, 0.3) is 11.1 Å². The van der Waals surface area contributed by atoms with Crippen LogP contribution >= 0.6 is 0 Å². The van der Waals surface area contributed by atoms with Crippen molar-refractivity contribution in [2.75, 3.05) is 7.11 Å². The molecule has 2 fully saturated rings. The van der Waals surface area contributed by atoms with Gasteiger partial charge in [-0.1, -0.05) is 42.0 Å². The van der Waals surface area contributed by atoms with Crippen molar-refractivity contribution in [2.24, 2.45) is 23.7 Å². The average molecular weight is 539 g/mol. The third-order valence-corrected chi connectivity index (χ3v) is 9.25. The summed E-state index contributed by atoms with van der Waals surface area (Å²) >= 11 is 0. The lowest BCUT2D eigenvalue weighted by molar-refractivity contribution is 0.372. The molecule has 208 valence electrons. The van der Waals surface area contributed by atoms with E-state index in [9.17, 15) is 8.78 Å². The molecule has 0 saturated heterocycles. The Morgan fingerprint density at radius 3 is 2.23 bits per heavy atom. The van der Waals surface area contributed by atoms with Crippen molar-refractivity contribution in [1.82, 2.24) is 0 Å². The Labute approximate surface area is 229 Å². The van der Waals surface area contributed by atoms with Crippen molar-refractivity contribution < 1.29 is 22.3 Å². The van der Waals surface area contributed by atoms with E-state index >= 15 is 8.78 Å². The molecule has 0 radical (unpaired) electrons. The molecule has 0 aliphatic heterocycles. The minimum atomic E-state index is -1.24. The molecule has 0 amide bonds. The number of hydrogen-bond donors (Lipinski definition) is 0. The Morgan fingerprint density at radius 1 is 0.846 bits per heavy atom. The van der Waals surface area contributed by atoms with Gasteiger partial charge in [0.15, 0.2) is 23.2 Å². The van der Waals surface area contributed by atoms with Gasteiger partial charge in [-0.05, 0) is 111 Å². The van der Waals surface area contributed by atoms with E-state index in [-0.39, 0.29) is 22.8 Å². The molecule has 0 heterocycles. The van der Waals surface area contributed by atoms with E-state index in [2.05, 4.69) is 24.8 Å². The molecule has 3 aliphatic carbocycles. The van der Waals surface area contributed by atoms with Gasteiger partial charge in [-0.25, -0.2) is 13.2 Å². The van der Waals surface area contributed by atoms with Crippen molar-refractivity contribution >= 4 is 0 Å². The zero-order valence-electron chi connectivity index (χ0n) is 22.7. The fourth-order valence-corrected chi connectivity index (χ4v) is 7.06. The van der Waals surface area contributed by atoms with Crippen LogP contribution in [0.4, 0.5) is 17.6 Å². The maximum atomic E-state index is 15.3. The smallest absolute Gasteiger partial charge is 0.201 e. The first-order valence-electron chi connectivity index (χ1n) is 14.4. The summed E-state index contributed by atoms with van der Waals surface area (Å²) < 4.78 is 64.0. The van der Waals surface area contributed by atoms with Crippen molar-refractivity contribution in [2.45, 2.75) is 70.1 Å². The summed E-state index contributed by atoms with van der Waals surface area (Å²) in [5.41, 5.74) is 1.39. The highest BCUT2D eigenvalue weighted by Gasteiger charge is 2.52. The van der Waals surface area contributed by atoms with Crippen molar-refractivity contribution in [1.29, 1.82) is 0 Å². The summed E-state index contributed by atoms with van der Waals surface area (Å²) in [4.78, 5) is 0. The molecular formula is C34H38F4O. The largest absolute Gasteiger partial charge is 0.494 e. The number of allylic oxidation sites excluding steroid dienone is 5. The lowest BCUT2D eigenvalue weighted by Crippen LogP contribution is -2.06. The summed E-state index contributed by atoms with van der Waals surface area (Å²) in [5, 5.41) is 0. The quantitative estimate of drug-likeness (QED) is 0.185. The monoisotopic (exact) mass is 538 g/mol. The molecular weight excluding hydrogens is 500 g/mol. The number of methoxy groups -OCH3 is 1. The first-order valence-corrected chi connectivity index (χ1v) is 14.4. The summed E-state index contributed by atoms with van der Waals surface area (Å²) in [7, 11) is 1.22. The zero-order chi connectivity index (χ0) is 27.5. The van der Waals surface area contributed by atoms with Gasteiger partial charge in [0.2, 0.25) is 5.82 Å². The van der Waals surface area contributed by atoms with Gasteiger partial charge in [-0.2, -0.15) is 4.39 Å². The van der Waals surface area contributed by atoms with E-state index in [4.69, 9.17) is 4.74 Å². The Morgan fingerprint density at radius 2 is 1.54 bits per heavy atom. The molecule has 0 aromatic heterocycles. The van der Waals surface area contributed by atoms with E-state index in [0.29, 0.717) is 29.2 Å². The highest BCUT2D eigenvalue weighted by molar-refractivity contribution is 5.67. The first-order chi connectivity index (χ1) is 18.9. The van der Waals surface area contributed by atoms with E-state index < -0.39 is 23.3 Å². The van der Waals surface area contributed by atoms with Crippen LogP contribution in [0.5, 0.6) is 5.75 Å². The summed E-state index contributed by atoms with van der Waals surface area (Å²) in [6.45, 7) is 3.79. The van der Waals surface area contributed by atoms with E-state index in [1.54, 1.807) is 11.6 Å². The molecule has 3 unspecified atom stereocenters. The van der Waals surface area contributed by atoms with Gasteiger partial charge < -0.3 is 4.74 Å². The molecule has 0 spiro atoms. The number of halogens is 4. The molecule has 3 atom stereocenters. The molecule has 0 bridgehead atoms. The van der Waals surface area contributed by atoms with Crippen molar-refractivity contribution in [3.05, 3.63) is 89.6 Å². The molecule has 39 heavy (non-hydrogen) atoms. The molecule has 0 N–H and O–H groups in total. The highest BCUT2D eigenvalue weighted by atomic mass is 19.2. The second-order valence-corrected chi connectivity index (χ2v) is 11.4. The van der Waals surface area contributed by atoms with Crippen LogP contribution in [0, 0.1) is 46.9 Å². The predicted octanol–water partition coefficient (Wildman–Crippen LogP) is 10.1. The number of rotatable bonds is 8. The third kappa shape index (κ3) is 5.73. The fourth-order valence-electron chi connectivity index (χ4n) is 7.06. The summed E-state index contributed by atoms with van der Waals surface area (Å²) in [5.74, 6) is -2.85. The van der Waals surface area contributed by atoms with Gasteiger partial charge in [-0.15, -0.1) is 6.58 Å². The number of unbranched alkanes of at least 4 members (excludes halogenated alkanes) is 1. The Balaban J connectivity index is 1.24. The highest BCUT2D eigenvalue weighted by Crippen LogP contribution is 2.62. The Bertz CT molecular complexity index is 1250. The van der Waals surface area contributed by atoms with Gasteiger partial charge in [0, 0.05) is 11.1 Å². The molecule has 2 saturated carbocycles. The lowest BCUT2D eigenvalue weighted by atomic mass is 9.86. The normalized spacial score (nSPS) is 26.9. The molecule has 3 aliphatic rings. The van der Waals surface area contributed by atoms with Crippen LogP contribution in [0.1, 0.15) is 75.7 Å². The number of fused-ring (bicyclic) bond motifs is 1. The number of hydrogen-bond acceptors (Lipinski definition) is 1. The van der Waals surface area contributed by atoms with Crippen LogP contribution in [-0.4, -0.2) is 7.11 Å². The van der Waals surface area contributed by atoms with Crippen LogP contribution in [0.3, 0.4) is 0 Å². The Kier molecular flexibility index (Phi) is 8.64. The van der Waals surface area contributed by atoms with Crippen molar-refractivity contribution in [3.8, 4) is 16.9 Å². The minimum absolute atomic E-state index is 0.000136.